The van der Waals surface area contributed by atoms with Gasteiger partial charge in [-0.25, -0.2) is 0 Å². The SMILES string of the molecule is CNCC1CCCCC1C(C)=O. The van der Waals surface area contributed by atoms with E-state index in [1.165, 1.54) is 19.3 Å². The van der Waals surface area contributed by atoms with Crippen LogP contribution in [0.3, 0.4) is 0 Å². The number of rotatable bonds is 3. The van der Waals surface area contributed by atoms with Gasteiger partial charge in [-0.2, -0.15) is 0 Å². The van der Waals surface area contributed by atoms with Crippen LogP contribution in [-0.4, -0.2) is 19.4 Å². The van der Waals surface area contributed by atoms with E-state index in [0.29, 0.717) is 17.6 Å². The van der Waals surface area contributed by atoms with Gasteiger partial charge in [0.2, 0.25) is 0 Å². The summed E-state index contributed by atoms with van der Waals surface area (Å²) >= 11 is 0. The van der Waals surface area contributed by atoms with E-state index in [4.69, 9.17) is 0 Å². The van der Waals surface area contributed by atoms with E-state index in [1.54, 1.807) is 6.92 Å². The molecule has 0 aliphatic heterocycles. The lowest BCUT2D eigenvalue weighted by Gasteiger charge is -2.29. The molecule has 1 rings (SSSR count). The zero-order valence-corrected chi connectivity index (χ0v) is 8.10. The minimum Gasteiger partial charge on any atom is -0.319 e. The summed E-state index contributed by atoms with van der Waals surface area (Å²) in [5.74, 6) is 1.32. The number of ketones is 1. The van der Waals surface area contributed by atoms with Crippen LogP contribution in [0.2, 0.25) is 0 Å². The largest absolute Gasteiger partial charge is 0.319 e. The second kappa shape index (κ2) is 4.61. The van der Waals surface area contributed by atoms with Gasteiger partial charge in [-0.1, -0.05) is 12.8 Å². The highest BCUT2D eigenvalue weighted by atomic mass is 16.1. The second-order valence-corrected chi connectivity index (χ2v) is 3.82. The van der Waals surface area contributed by atoms with Crippen molar-refractivity contribution in [3.8, 4) is 0 Å². The van der Waals surface area contributed by atoms with Crippen LogP contribution in [0.1, 0.15) is 32.6 Å². The molecule has 1 N–H and O–H groups in total. The minimum atomic E-state index is 0.339. The molecule has 2 nitrogen and oxygen atoms in total. The molecule has 1 aliphatic rings. The molecule has 2 heteroatoms. The van der Waals surface area contributed by atoms with Crippen molar-refractivity contribution < 1.29 is 4.79 Å². The Morgan fingerprint density at radius 2 is 2.08 bits per heavy atom. The highest BCUT2D eigenvalue weighted by Gasteiger charge is 2.27. The number of carbonyl (C=O) groups excluding carboxylic acids is 1. The topological polar surface area (TPSA) is 29.1 Å². The van der Waals surface area contributed by atoms with E-state index in [9.17, 15) is 4.79 Å². The Morgan fingerprint density at radius 3 is 2.67 bits per heavy atom. The summed E-state index contributed by atoms with van der Waals surface area (Å²) in [4.78, 5) is 11.3. The molecule has 0 aromatic rings. The molecule has 0 radical (unpaired) electrons. The van der Waals surface area contributed by atoms with Gasteiger partial charge in [0.05, 0.1) is 0 Å². The molecular formula is C10H19NO. The van der Waals surface area contributed by atoms with Crippen molar-refractivity contribution in [2.24, 2.45) is 11.8 Å². The highest BCUT2D eigenvalue weighted by Crippen LogP contribution is 2.29. The molecular weight excluding hydrogens is 150 g/mol. The highest BCUT2D eigenvalue weighted by molar-refractivity contribution is 5.78. The first kappa shape index (κ1) is 9.72. The smallest absolute Gasteiger partial charge is 0.133 e. The summed E-state index contributed by atoms with van der Waals surface area (Å²) in [6.45, 7) is 2.74. The zero-order valence-electron chi connectivity index (χ0n) is 8.10. The molecule has 1 saturated carbocycles. The molecule has 1 fully saturated rings. The maximum atomic E-state index is 11.3. The second-order valence-electron chi connectivity index (χ2n) is 3.82. The molecule has 1 aliphatic carbocycles. The van der Waals surface area contributed by atoms with Gasteiger partial charge in [-0.3, -0.25) is 4.79 Å². The Kier molecular flexibility index (Phi) is 3.73. The summed E-state index contributed by atoms with van der Waals surface area (Å²) in [7, 11) is 1.96. The van der Waals surface area contributed by atoms with E-state index in [1.807, 2.05) is 7.05 Å². The van der Waals surface area contributed by atoms with Crippen molar-refractivity contribution in [1.82, 2.24) is 5.32 Å². The Morgan fingerprint density at radius 1 is 1.42 bits per heavy atom. The maximum Gasteiger partial charge on any atom is 0.133 e. The van der Waals surface area contributed by atoms with Crippen LogP contribution in [-0.2, 0) is 4.79 Å². The summed E-state index contributed by atoms with van der Waals surface area (Å²) in [6.07, 6.45) is 4.88. The van der Waals surface area contributed by atoms with Gasteiger partial charge in [0.1, 0.15) is 5.78 Å². The normalized spacial score (nSPS) is 30.2. The number of carbonyl (C=O) groups is 1. The van der Waals surface area contributed by atoms with E-state index in [2.05, 4.69) is 5.32 Å². The lowest BCUT2D eigenvalue weighted by molar-refractivity contribution is -0.123. The van der Waals surface area contributed by atoms with Gasteiger partial charge in [0, 0.05) is 5.92 Å². The van der Waals surface area contributed by atoms with Crippen molar-refractivity contribution in [2.45, 2.75) is 32.6 Å². The van der Waals surface area contributed by atoms with Crippen molar-refractivity contribution in [2.75, 3.05) is 13.6 Å². The van der Waals surface area contributed by atoms with Crippen LogP contribution in [0.25, 0.3) is 0 Å². The Labute approximate surface area is 74.7 Å². The molecule has 2 atom stereocenters. The molecule has 70 valence electrons. The number of nitrogens with one attached hydrogen (secondary N) is 1. The number of Topliss-reactive ketones (excluding diaryl/α,β-unsaturated/α-hetero) is 1. The lowest BCUT2D eigenvalue weighted by Crippen LogP contribution is -2.32. The first-order valence-electron chi connectivity index (χ1n) is 4.90. The quantitative estimate of drug-likeness (QED) is 0.695. The fourth-order valence-corrected chi connectivity index (χ4v) is 2.25. The van der Waals surface area contributed by atoms with Gasteiger partial charge in [0.25, 0.3) is 0 Å². The molecule has 0 heterocycles. The molecule has 12 heavy (non-hydrogen) atoms. The molecule has 0 aromatic heterocycles. The van der Waals surface area contributed by atoms with Gasteiger partial charge in [-0.05, 0) is 39.3 Å². The van der Waals surface area contributed by atoms with E-state index < -0.39 is 0 Å². The lowest BCUT2D eigenvalue weighted by atomic mass is 9.77. The molecule has 0 aromatic carbocycles. The van der Waals surface area contributed by atoms with Crippen LogP contribution in [0, 0.1) is 11.8 Å². The van der Waals surface area contributed by atoms with Gasteiger partial charge < -0.3 is 5.32 Å². The Balaban J connectivity index is 2.48. The van der Waals surface area contributed by atoms with Crippen molar-refractivity contribution in [1.29, 1.82) is 0 Å². The first-order valence-corrected chi connectivity index (χ1v) is 4.90. The standard InChI is InChI=1S/C10H19NO/c1-8(12)10-6-4-3-5-9(10)7-11-2/h9-11H,3-7H2,1-2H3. The predicted molar refractivity (Wildman–Crippen MR) is 50.1 cm³/mol. The van der Waals surface area contributed by atoms with Crippen molar-refractivity contribution in [3.05, 3.63) is 0 Å². The summed E-state index contributed by atoms with van der Waals surface area (Å²) < 4.78 is 0. The van der Waals surface area contributed by atoms with E-state index in [-0.39, 0.29) is 0 Å². The van der Waals surface area contributed by atoms with Crippen LogP contribution in [0.15, 0.2) is 0 Å². The molecule has 2 unspecified atom stereocenters. The molecule has 0 saturated heterocycles. The third-order valence-corrected chi connectivity index (χ3v) is 2.90. The molecule has 0 bridgehead atoms. The number of hydrogen-bond donors (Lipinski definition) is 1. The van der Waals surface area contributed by atoms with Crippen molar-refractivity contribution in [3.63, 3.8) is 0 Å². The minimum absolute atomic E-state index is 0.339. The third-order valence-electron chi connectivity index (χ3n) is 2.90. The van der Waals surface area contributed by atoms with Crippen LogP contribution in [0.5, 0.6) is 0 Å². The van der Waals surface area contributed by atoms with Crippen LogP contribution >= 0.6 is 0 Å². The third kappa shape index (κ3) is 2.31. The Bertz CT molecular complexity index is 154. The zero-order chi connectivity index (χ0) is 8.97. The first-order chi connectivity index (χ1) is 5.75. The Hall–Kier alpha value is -0.370. The van der Waals surface area contributed by atoms with E-state index >= 15 is 0 Å². The molecule has 0 spiro atoms. The van der Waals surface area contributed by atoms with Crippen LogP contribution in [0.4, 0.5) is 0 Å². The van der Waals surface area contributed by atoms with Crippen molar-refractivity contribution >= 4 is 5.78 Å². The van der Waals surface area contributed by atoms with Gasteiger partial charge in [0.15, 0.2) is 0 Å². The fourth-order valence-electron chi connectivity index (χ4n) is 2.25. The summed E-state index contributed by atoms with van der Waals surface area (Å²) in [5.41, 5.74) is 0. The maximum absolute atomic E-state index is 11.3. The monoisotopic (exact) mass is 169 g/mol. The predicted octanol–water partition coefficient (Wildman–Crippen LogP) is 1.60. The van der Waals surface area contributed by atoms with Crippen LogP contribution < -0.4 is 5.32 Å². The van der Waals surface area contributed by atoms with Gasteiger partial charge in [-0.15, -0.1) is 0 Å². The molecule has 0 amide bonds. The average Bonchev–Trinajstić information content (AvgIpc) is 2.05. The van der Waals surface area contributed by atoms with Gasteiger partial charge >= 0.3 is 0 Å². The average molecular weight is 169 g/mol. The van der Waals surface area contributed by atoms with E-state index in [0.717, 1.165) is 13.0 Å². The summed E-state index contributed by atoms with van der Waals surface area (Å²) in [6, 6.07) is 0. The summed E-state index contributed by atoms with van der Waals surface area (Å²) in [5, 5.41) is 3.17. The fraction of sp³-hybridized carbons (Fsp3) is 0.900. The number of hydrogen-bond acceptors (Lipinski definition) is 2.